The number of benzene rings is 11. The fourth-order valence-electron chi connectivity index (χ4n) is 10.4. The van der Waals surface area contributed by atoms with E-state index in [-0.39, 0.29) is 96.8 Å². The number of nitrogens with zero attached hydrogens (tertiary/aromatic N) is 9. The molecule has 1 unspecified atom stereocenters. The second-order valence-corrected chi connectivity index (χ2v) is 30.1. The van der Waals surface area contributed by atoms with Gasteiger partial charge in [-0.1, -0.05) is 135 Å². The van der Waals surface area contributed by atoms with Gasteiger partial charge in [0.1, 0.15) is 0 Å². The van der Waals surface area contributed by atoms with Crippen molar-refractivity contribution in [2.24, 2.45) is 44.5 Å². The average Bonchev–Trinajstić information content (AvgIpc) is 0.722. The molecule has 118 heavy (non-hydrogen) atoms. The number of methoxy groups -OCH3 is 6. The van der Waals surface area contributed by atoms with Crippen molar-refractivity contribution in [3.05, 3.63) is 322 Å². The van der Waals surface area contributed by atoms with Crippen LogP contribution in [0.2, 0.25) is 0 Å². The Labute approximate surface area is 673 Å². The fourth-order valence-corrected chi connectivity index (χ4v) is 19.6. The van der Waals surface area contributed by atoms with Crippen molar-refractivity contribution >= 4 is 90.1 Å². The number of hydrogen-bond acceptors (Lipinski definition) is 32. The lowest BCUT2D eigenvalue weighted by atomic mass is 10.2. The van der Waals surface area contributed by atoms with E-state index in [2.05, 4.69) is 30.9 Å². The maximum Gasteiger partial charge on any atom is 0.461 e. The molecule has 12 rings (SSSR count). The van der Waals surface area contributed by atoms with Gasteiger partial charge in [-0.3, -0.25) is 0 Å². The van der Waals surface area contributed by atoms with Gasteiger partial charge < -0.3 is 85.0 Å². The van der Waals surface area contributed by atoms with Crippen molar-refractivity contribution < 1.29 is 109 Å². The molecule has 0 aromatic heterocycles. The summed E-state index contributed by atoms with van der Waals surface area (Å²) in [5.74, 6) is -5.23. The van der Waals surface area contributed by atoms with E-state index < -0.39 is 52.8 Å². The molecule has 1 N–H and O–H groups in total. The van der Waals surface area contributed by atoms with Crippen LogP contribution in [0.1, 0.15) is 85.2 Å². The van der Waals surface area contributed by atoms with E-state index in [1.54, 1.807) is 152 Å². The van der Waals surface area contributed by atoms with Crippen LogP contribution in [0.15, 0.2) is 305 Å². The highest BCUT2D eigenvalue weighted by Crippen LogP contribution is 2.80. The highest BCUT2D eigenvalue weighted by molar-refractivity contribution is 7.79. The van der Waals surface area contributed by atoms with Crippen LogP contribution in [0.5, 0.6) is 69.0 Å². The first kappa shape index (κ1) is 82.3. The number of ether oxygens (including phenoxy) is 6. The third-order valence-electron chi connectivity index (χ3n) is 16.0. The molecule has 0 amide bonds. The largest absolute Gasteiger partial charge is 0.493 e. The number of oxime groups is 6. The van der Waals surface area contributed by atoms with E-state index in [4.69, 9.17) is 93.3 Å². The molecule has 598 valence electrons. The predicted molar refractivity (Wildman–Crippen MR) is 436 cm³/mol. The number of carbonyl (C=O) groups excluding carboxylic acids is 5. The zero-order valence-electron chi connectivity index (χ0n) is 63.1. The van der Waals surface area contributed by atoms with Gasteiger partial charge in [0.05, 0.1) is 108 Å². The van der Waals surface area contributed by atoms with E-state index in [0.29, 0.717) is 33.4 Å². The molecule has 0 spiro atoms. The standard InChI is InChI=1S/C83H68N9O23P3/c1-99-73-44-56(50-84-98)32-38-67(73)110-116(111-68-39-33-57(45-74(68)100-2)51-85-105-79(93)62-22-12-7-13-23-62)90-117(112-69-40-34-58(46-75(69)101-3)52-86-106-80(94)63-24-14-8-15-25-63,113-70-41-35-59(47-76(70)102-4)53-87-107-81(95)64-26-16-9-17-27-64)92-118(91-116,114-71-42-36-60(48-77(71)103-5)54-88-108-82(96)65-28-18-10-19-29-65)115-72-43-37-61(49-78(72)104-6)55-89-109-83(97)66-30-20-11-21-31-66/h7-55,98H,1-6H3/b84-50+,85-51+,86-52+,87-53+,88-54+,89-55+. The molecule has 0 radical (unpaired) electrons. The van der Waals surface area contributed by atoms with Gasteiger partial charge in [-0.25, -0.2) is 24.0 Å². The van der Waals surface area contributed by atoms with E-state index >= 15 is 0 Å². The number of carbonyl (C=O) groups is 5. The van der Waals surface area contributed by atoms with Crippen molar-refractivity contribution in [2.45, 2.75) is 0 Å². The molecule has 11 aromatic carbocycles. The van der Waals surface area contributed by atoms with Gasteiger partial charge >= 0.3 is 52.8 Å². The summed E-state index contributed by atoms with van der Waals surface area (Å²) in [5, 5.41) is 32.9. The highest BCUT2D eigenvalue weighted by atomic mass is 31.3. The van der Waals surface area contributed by atoms with E-state index in [9.17, 15) is 29.2 Å². The van der Waals surface area contributed by atoms with E-state index in [1.165, 1.54) is 183 Å². The molecular weight excluding hydrogens is 1580 g/mol. The minimum atomic E-state index is -5.20. The Hall–Kier alpha value is -15.1. The van der Waals surface area contributed by atoms with Crippen LogP contribution < -0.4 is 55.6 Å². The molecule has 1 heterocycles. The summed E-state index contributed by atoms with van der Waals surface area (Å²) >= 11 is 0. The summed E-state index contributed by atoms with van der Waals surface area (Å²) in [6, 6.07) is 67.5. The zero-order valence-corrected chi connectivity index (χ0v) is 65.8. The monoisotopic (exact) mass is 1650 g/mol. The molecular formula is C83H68N9O23P3. The molecule has 35 heteroatoms. The van der Waals surface area contributed by atoms with Crippen LogP contribution >= 0.6 is 23.0 Å². The SMILES string of the molecule is COc1cc(/C=N/O)ccc1OP1(Oc2ccc(/C=N/OC(=O)c3ccccc3)cc2OC)=NP(Oc2ccc(/C=N/OC(=O)c3ccccc3)cc2OC)(Oc2ccc(/C=N/OC(=O)c3ccccc3)cc2OC)=NP(Oc2ccc(/C=N/OC(=O)c3ccccc3)cc2OC)(Oc2ccc(/C=N/OC(=O)c3ccccc3)cc2OC)=N1. The van der Waals surface area contributed by atoms with Crippen LogP contribution in [-0.2, 0) is 24.2 Å². The average molecular weight is 1650 g/mol. The predicted octanol–water partition coefficient (Wildman–Crippen LogP) is 18.1. The normalized spacial score (nSPS) is 13.9. The van der Waals surface area contributed by atoms with Crippen LogP contribution in [-0.4, -0.2) is 115 Å². The van der Waals surface area contributed by atoms with Gasteiger partial charge in [0.2, 0.25) is 0 Å². The van der Waals surface area contributed by atoms with E-state index in [1.807, 2.05) is 0 Å². The maximum atomic E-state index is 13.1. The summed E-state index contributed by atoms with van der Waals surface area (Å²) in [5.41, 5.74) is 2.93. The summed E-state index contributed by atoms with van der Waals surface area (Å²) in [6.45, 7) is 0. The molecule has 0 bridgehead atoms. The van der Waals surface area contributed by atoms with Crippen LogP contribution in [0, 0.1) is 0 Å². The Morgan fingerprint density at radius 2 is 0.415 bits per heavy atom. The zero-order chi connectivity index (χ0) is 82.7. The molecule has 32 nitrogen and oxygen atoms in total. The van der Waals surface area contributed by atoms with Crippen molar-refractivity contribution in [1.82, 2.24) is 0 Å². The molecule has 1 aliphatic heterocycles. The topological polar surface area (TPSA) is 374 Å². The van der Waals surface area contributed by atoms with Gasteiger partial charge in [-0.15, -0.1) is 0 Å². The minimum Gasteiger partial charge on any atom is -0.493 e. The molecule has 0 saturated carbocycles. The third-order valence-corrected chi connectivity index (χ3v) is 24.1. The van der Waals surface area contributed by atoms with Crippen LogP contribution in [0.3, 0.4) is 0 Å². The molecule has 11 aromatic rings. The molecule has 0 saturated heterocycles. The lowest BCUT2D eigenvalue weighted by Crippen LogP contribution is -2.13. The maximum absolute atomic E-state index is 13.1. The second-order valence-electron chi connectivity index (χ2n) is 23.9. The number of hydrogen-bond donors (Lipinski definition) is 1. The molecule has 1 aliphatic rings. The fraction of sp³-hybridized carbons (Fsp3) is 0.0723. The summed E-state index contributed by atoms with van der Waals surface area (Å²) in [7, 11) is -7.61. The Kier molecular flexibility index (Phi) is 27.6. The molecule has 0 fully saturated rings. The highest BCUT2D eigenvalue weighted by Gasteiger charge is 2.51. The van der Waals surface area contributed by atoms with Gasteiger partial charge in [0.25, 0.3) is 0 Å². The lowest BCUT2D eigenvalue weighted by molar-refractivity contribution is 0.0510. The third kappa shape index (κ3) is 21.6. The van der Waals surface area contributed by atoms with Crippen LogP contribution in [0.4, 0.5) is 0 Å². The van der Waals surface area contributed by atoms with Crippen molar-refractivity contribution in [2.75, 3.05) is 42.7 Å². The quantitative estimate of drug-likeness (QED) is 0.0129. The second kappa shape index (κ2) is 39.6. The van der Waals surface area contributed by atoms with Gasteiger partial charge in [0.15, 0.2) is 69.0 Å². The van der Waals surface area contributed by atoms with Crippen molar-refractivity contribution in [1.29, 1.82) is 0 Å². The summed E-state index contributed by atoms with van der Waals surface area (Å²) in [4.78, 5) is 91.9. The van der Waals surface area contributed by atoms with Gasteiger partial charge in [-0.05, 0) is 170 Å². The first-order valence-electron chi connectivity index (χ1n) is 34.9. The summed E-state index contributed by atoms with van der Waals surface area (Å²) in [6.07, 6.45) is 7.35. The summed E-state index contributed by atoms with van der Waals surface area (Å²) < 4.78 is 96.9. The van der Waals surface area contributed by atoms with E-state index in [0.717, 1.165) is 6.21 Å². The van der Waals surface area contributed by atoms with Crippen molar-refractivity contribution in [3.63, 3.8) is 0 Å². The molecule has 0 aliphatic carbocycles. The first-order valence-corrected chi connectivity index (χ1v) is 39.5. The lowest BCUT2D eigenvalue weighted by Gasteiger charge is -2.34. The number of rotatable bonds is 34. The smallest absolute Gasteiger partial charge is 0.461 e. The van der Waals surface area contributed by atoms with Gasteiger partial charge in [0, 0.05) is 33.4 Å². The van der Waals surface area contributed by atoms with Crippen molar-refractivity contribution in [3.8, 4) is 69.0 Å². The van der Waals surface area contributed by atoms with Crippen LogP contribution in [0.25, 0.3) is 0 Å². The minimum absolute atomic E-state index is 0.0446. The Morgan fingerprint density at radius 3 is 0.576 bits per heavy atom. The first-order chi connectivity index (χ1) is 57.5. The molecule has 1 atom stereocenters. The Balaban J connectivity index is 1.12. The Bertz CT molecular complexity index is 5370. The van der Waals surface area contributed by atoms with Gasteiger partial charge in [-0.2, -0.15) is 0 Å². The Morgan fingerprint density at radius 1 is 0.246 bits per heavy atom.